The Morgan fingerprint density at radius 3 is 2.21 bits per heavy atom. The van der Waals surface area contributed by atoms with E-state index in [-0.39, 0.29) is 5.91 Å². The van der Waals surface area contributed by atoms with Crippen molar-refractivity contribution in [2.24, 2.45) is 4.99 Å². The smallest absolute Gasteiger partial charge is 0.475 e. The molecule has 2 heterocycles. The van der Waals surface area contributed by atoms with E-state index in [9.17, 15) is 18.0 Å². The third-order valence-electron chi connectivity index (χ3n) is 3.70. The molecule has 130 valence electrons. The first-order chi connectivity index (χ1) is 11.2. The number of aliphatic imine (C=N–C) groups is 1. The molecule has 1 aromatic carbocycles. The topological polar surface area (TPSA) is 90.8 Å². The Labute approximate surface area is 135 Å². The molecule has 0 unspecified atom stereocenters. The summed E-state index contributed by atoms with van der Waals surface area (Å²) in [6.07, 6.45) is -3.51. The number of carboxylic acid groups (broad SMARTS) is 1. The number of rotatable bonds is 1. The summed E-state index contributed by atoms with van der Waals surface area (Å²) in [4.78, 5) is 25.6. The van der Waals surface area contributed by atoms with Crippen LogP contribution in [0.1, 0.15) is 18.4 Å². The van der Waals surface area contributed by atoms with Crippen LogP contribution in [0.3, 0.4) is 0 Å². The second-order valence-electron chi connectivity index (χ2n) is 5.37. The zero-order valence-electron chi connectivity index (χ0n) is 12.6. The van der Waals surface area contributed by atoms with Crippen LogP contribution in [0.15, 0.2) is 35.3 Å². The molecule has 0 aliphatic carbocycles. The zero-order chi connectivity index (χ0) is 17.8. The van der Waals surface area contributed by atoms with Crippen molar-refractivity contribution in [3.63, 3.8) is 0 Å². The van der Waals surface area contributed by atoms with Crippen LogP contribution < -0.4 is 10.6 Å². The van der Waals surface area contributed by atoms with Gasteiger partial charge in [0.05, 0.1) is 0 Å². The number of piperidine rings is 1. The highest BCUT2D eigenvalue weighted by atomic mass is 19.4. The minimum absolute atomic E-state index is 0.0536. The van der Waals surface area contributed by atoms with Crippen LogP contribution in [-0.2, 0) is 9.59 Å². The molecule has 1 spiro atoms. The summed E-state index contributed by atoms with van der Waals surface area (Å²) >= 11 is 0. The van der Waals surface area contributed by atoms with Crippen molar-refractivity contribution in [2.45, 2.75) is 24.6 Å². The van der Waals surface area contributed by atoms with E-state index < -0.39 is 17.7 Å². The maximum absolute atomic E-state index is 12.1. The van der Waals surface area contributed by atoms with Gasteiger partial charge in [-0.15, -0.1) is 0 Å². The largest absolute Gasteiger partial charge is 0.490 e. The van der Waals surface area contributed by atoms with E-state index in [1.54, 1.807) is 0 Å². The summed E-state index contributed by atoms with van der Waals surface area (Å²) in [7, 11) is 0. The molecule has 2 aliphatic heterocycles. The van der Waals surface area contributed by atoms with E-state index in [0.717, 1.165) is 37.3 Å². The number of hydrogen-bond donors (Lipinski definition) is 3. The van der Waals surface area contributed by atoms with Gasteiger partial charge in [0.1, 0.15) is 11.4 Å². The number of amidine groups is 1. The summed E-state index contributed by atoms with van der Waals surface area (Å²) in [5, 5.41) is 13.3. The van der Waals surface area contributed by atoms with E-state index in [0.29, 0.717) is 0 Å². The minimum atomic E-state index is -5.08. The molecule has 0 atom stereocenters. The van der Waals surface area contributed by atoms with Gasteiger partial charge in [-0.1, -0.05) is 30.3 Å². The highest BCUT2D eigenvalue weighted by Crippen LogP contribution is 2.28. The number of aliphatic carboxylic acids is 1. The van der Waals surface area contributed by atoms with Gasteiger partial charge in [0.2, 0.25) is 0 Å². The summed E-state index contributed by atoms with van der Waals surface area (Å²) < 4.78 is 31.7. The number of carbonyl (C=O) groups excluding carboxylic acids is 1. The van der Waals surface area contributed by atoms with Gasteiger partial charge in [-0.25, -0.2) is 4.79 Å². The molecule has 0 saturated carbocycles. The van der Waals surface area contributed by atoms with Crippen molar-refractivity contribution in [1.29, 1.82) is 0 Å². The van der Waals surface area contributed by atoms with Gasteiger partial charge in [0.15, 0.2) is 0 Å². The maximum Gasteiger partial charge on any atom is 0.490 e. The number of carboxylic acids is 1. The van der Waals surface area contributed by atoms with Gasteiger partial charge in [-0.05, 0) is 25.9 Å². The van der Waals surface area contributed by atoms with Gasteiger partial charge >= 0.3 is 12.1 Å². The molecule has 3 rings (SSSR count). The summed E-state index contributed by atoms with van der Waals surface area (Å²) in [5.41, 5.74) is 0.465. The molecular formula is C15H16F3N3O3. The predicted molar refractivity (Wildman–Crippen MR) is 79.6 cm³/mol. The number of amides is 1. The van der Waals surface area contributed by atoms with Crippen LogP contribution in [0.4, 0.5) is 13.2 Å². The Kier molecular flexibility index (Phi) is 5.23. The lowest BCUT2D eigenvalue weighted by Crippen LogP contribution is -2.47. The summed E-state index contributed by atoms with van der Waals surface area (Å²) in [6, 6.07) is 9.81. The van der Waals surface area contributed by atoms with Gasteiger partial charge < -0.3 is 15.7 Å². The second-order valence-corrected chi connectivity index (χ2v) is 5.37. The molecule has 1 aromatic rings. The monoisotopic (exact) mass is 343 g/mol. The third-order valence-corrected chi connectivity index (χ3v) is 3.70. The van der Waals surface area contributed by atoms with E-state index in [1.165, 1.54) is 0 Å². The van der Waals surface area contributed by atoms with Gasteiger partial charge in [0.25, 0.3) is 5.91 Å². The molecule has 1 fully saturated rings. The number of alkyl halides is 3. The minimum Gasteiger partial charge on any atom is -0.475 e. The average Bonchev–Trinajstić information content (AvgIpc) is 2.85. The van der Waals surface area contributed by atoms with Crippen LogP contribution in [0.2, 0.25) is 0 Å². The lowest BCUT2D eigenvalue weighted by Gasteiger charge is -2.28. The number of nitrogens with zero attached hydrogens (tertiary/aromatic N) is 1. The molecule has 6 nitrogen and oxygen atoms in total. The number of carbonyl (C=O) groups is 2. The Bertz CT molecular complexity index is 638. The molecule has 0 aromatic heterocycles. The average molecular weight is 343 g/mol. The first-order valence-electron chi connectivity index (χ1n) is 7.22. The van der Waals surface area contributed by atoms with Crippen molar-refractivity contribution in [3.8, 4) is 0 Å². The van der Waals surface area contributed by atoms with Gasteiger partial charge in [-0.3, -0.25) is 9.79 Å². The normalized spacial score (nSPS) is 19.1. The Morgan fingerprint density at radius 1 is 1.17 bits per heavy atom. The number of benzene rings is 1. The van der Waals surface area contributed by atoms with Crippen molar-refractivity contribution >= 4 is 17.7 Å². The van der Waals surface area contributed by atoms with Crippen LogP contribution in [0, 0.1) is 0 Å². The van der Waals surface area contributed by atoms with Gasteiger partial charge in [0, 0.05) is 5.56 Å². The highest BCUT2D eigenvalue weighted by Gasteiger charge is 2.44. The van der Waals surface area contributed by atoms with Crippen molar-refractivity contribution in [2.75, 3.05) is 13.1 Å². The van der Waals surface area contributed by atoms with E-state index >= 15 is 0 Å². The van der Waals surface area contributed by atoms with Crippen LogP contribution in [-0.4, -0.2) is 47.6 Å². The molecule has 0 bridgehead atoms. The third kappa shape index (κ3) is 4.10. The lowest BCUT2D eigenvalue weighted by molar-refractivity contribution is -0.192. The standard InChI is InChI=1S/C13H15N3O.C2HF3O2/c17-12-13(6-8-14-9-7-13)16-11(15-12)10-4-2-1-3-5-10;3-2(4,5)1(6)7/h1-5,14H,6-9H2,(H,15,16,17);(H,6,7). The van der Waals surface area contributed by atoms with Crippen molar-refractivity contribution in [1.82, 2.24) is 10.6 Å². The Hall–Kier alpha value is -2.42. The predicted octanol–water partition coefficient (Wildman–Crippen LogP) is 1.32. The van der Waals surface area contributed by atoms with Crippen LogP contribution >= 0.6 is 0 Å². The van der Waals surface area contributed by atoms with E-state index in [2.05, 4.69) is 15.6 Å². The molecular weight excluding hydrogens is 327 g/mol. The number of nitrogens with one attached hydrogen (secondary N) is 2. The SMILES string of the molecule is O=C(O)C(F)(F)F.O=C1NC(c2ccccc2)=NC12CCNCC2. The fourth-order valence-electron chi connectivity index (χ4n) is 2.43. The quantitative estimate of drug-likeness (QED) is 0.717. The molecule has 1 amide bonds. The first-order valence-corrected chi connectivity index (χ1v) is 7.22. The molecule has 24 heavy (non-hydrogen) atoms. The maximum atomic E-state index is 12.1. The second kappa shape index (κ2) is 7.00. The number of hydrogen-bond acceptors (Lipinski definition) is 4. The molecule has 1 saturated heterocycles. The first kappa shape index (κ1) is 17.9. The molecule has 2 aliphatic rings. The van der Waals surface area contributed by atoms with Crippen LogP contribution in [0.25, 0.3) is 0 Å². The van der Waals surface area contributed by atoms with E-state index in [4.69, 9.17) is 9.90 Å². The Morgan fingerprint density at radius 2 is 1.71 bits per heavy atom. The van der Waals surface area contributed by atoms with Crippen molar-refractivity contribution in [3.05, 3.63) is 35.9 Å². The van der Waals surface area contributed by atoms with Crippen LogP contribution in [0.5, 0.6) is 0 Å². The summed E-state index contributed by atoms with van der Waals surface area (Å²) in [5.74, 6) is -1.98. The molecule has 0 radical (unpaired) electrons. The highest BCUT2D eigenvalue weighted by molar-refractivity contribution is 6.15. The fourth-order valence-corrected chi connectivity index (χ4v) is 2.43. The Balaban J connectivity index is 0.000000256. The fraction of sp³-hybridized carbons (Fsp3) is 0.400. The van der Waals surface area contributed by atoms with Crippen molar-refractivity contribution < 1.29 is 27.9 Å². The van der Waals surface area contributed by atoms with Gasteiger partial charge in [-0.2, -0.15) is 13.2 Å². The van der Waals surface area contributed by atoms with E-state index in [1.807, 2.05) is 30.3 Å². The molecule has 3 N–H and O–H groups in total. The molecule has 9 heteroatoms. The zero-order valence-corrected chi connectivity index (χ0v) is 12.6. The summed E-state index contributed by atoms with van der Waals surface area (Å²) in [6.45, 7) is 1.72. The lowest BCUT2D eigenvalue weighted by atomic mass is 9.89. The number of halogens is 3.